The average molecular weight is 365 g/mol. The summed E-state index contributed by atoms with van der Waals surface area (Å²) in [6.45, 7) is 6.17. The van der Waals surface area contributed by atoms with Crippen molar-refractivity contribution in [3.05, 3.63) is 47.7 Å². The number of hydrogen-bond acceptors (Lipinski definition) is 6. The number of carbonyl (C=O) groups is 1. The predicted molar refractivity (Wildman–Crippen MR) is 101 cm³/mol. The van der Waals surface area contributed by atoms with Crippen LogP contribution in [0.5, 0.6) is 0 Å². The van der Waals surface area contributed by atoms with Crippen LogP contribution in [0, 0.1) is 19.8 Å². The third-order valence-corrected chi connectivity index (χ3v) is 5.25. The number of aromatic nitrogens is 5. The van der Waals surface area contributed by atoms with Crippen LogP contribution in [0.15, 0.2) is 30.7 Å². The Morgan fingerprint density at radius 3 is 2.81 bits per heavy atom. The number of nitrogens with one attached hydrogen (secondary N) is 1. The van der Waals surface area contributed by atoms with E-state index >= 15 is 0 Å². The van der Waals surface area contributed by atoms with Crippen LogP contribution >= 0.6 is 0 Å². The first-order valence-electron chi connectivity index (χ1n) is 9.23. The quantitative estimate of drug-likeness (QED) is 0.757. The van der Waals surface area contributed by atoms with Crippen molar-refractivity contribution in [1.82, 2.24) is 30.1 Å². The maximum Gasteiger partial charge on any atom is 0.223 e. The SMILES string of the molecule is Cc1nn2cnnc2c(N2CCC(C(=O)NCc3ccccn3)CC2)c1C. The normalized spacial score (nSPS) is 15.3. The molecular formula is C19H23N7O. The van der Waals surface area contributed by atoms with Crippen LogP contribution in [0.4, 0.5) is 5.69 Å². The molecule has 0 aliphatic carbocycles. The Morgan fingerprint density at radius 2 is 2.07 bits per heavy atom. The van der Waals surface area contributed by atoms with Crippen LogP contribution < -0.4 is 10.2 Å². The molecule has 8 heteroatoms. The Kier molecular flexibility index (Phi) is 4.70. The molecule has 1 aliphatic heterocycles. The van der Waals surface area contributed by atoms with Gasteiger partial charge >= 0.3 is 0 Å². The Morgan fingerprint density at radius 1 is 1.26 bits per heavy atom. The van der Waals surface area contributed by atoms with Crippen LogP contribution in [0.2, 0.25) is 0 Å². The monoisotopic (exact) mass is 365 g/mol. The van der Waals surface area contributed by atoms with E-state index in [0.29, 0.717) is 6.54 Å². The van der Waals surface area contributed by atoms with Crippen molar-refractivity contribution in [2.45, 2.75) is 33.2 Å². The highest BCUT2D eigenvalue weighted by Crippen LogP contribution is 2.30. The van der Waals surface area contributed by atoms with Gasteiger partial charge in [0.15, 0.2) is 0 Å². The van der Waals surface area contributed by atoms with Crippen LogP contribution in [-0.2, 0) is 11.3 Å². The molecule has 0 aromatic carbocycles. The summed E-state index contributed by atoms with van der Waals surface area (Å²) in [7, 11) is 0. The summed E-state index contributed by atoms with van der Waals surface area (Å²) in [6.07, 6.45) is 5.00. The summed E-state index contributed by atoms with van der Waals surface area (Å²) in [5.41, 5.74) is 4.81. The number of fused-ring (bicyclic) bond motifs is 1. The summed E-state index contributed by atoms with van der Waals surface area (Å²) in [5, 5.41) is 15.7. The summed E-state index contributed by atoms with van der Waals surface area (Å²) in [5.74, 6) is 0.137. The molecule has 0 atom stereocenters. The molecule has 4 heterocycles. The van der Waals surface area contributed by atoms with Gasteiger partial charge in [-0.05, 0) is 44.4 Å². The molecule has 140 valence electrons. The lowest BCUT2D eigenvalue weighted by Crippen LogP contribution is -2.41. The topological polar surface area (TPSA) is 88.3 Å². The van der Waals surface area contributed by atoms with Gasteiger partial charge in [-0.3, -0.25) is 9.78 Å². The van der Waals surface area contributed by atoms with Gasteiger partial charge in [-0.1, -0.05) is 6.07 Å². The van der Waals surface area contributed by atoms with Gasteiger partial charge in [0.1, 0.15) is 6.33 Å². The number of nitrogens with zero attached hydrogens (tertiary/aromatic N) is 6. The highest BCUT2D eigenvalue weighted by atomic mass is 16.1. The number of anilines is 1. The van der Waals surface area contributed by atoms with E-state index in [1.54, 1.807) is 17.0 Å². The molecule has 1 aliphatic rings. The summed E-state index contributed by atoms with van der Waals surface area (Å²) < 4.78 is 1.73. The van der Waals surface area contributed by atoms with Gasteiger partial charge in [0, 0.05) is 25.2 Å². The van der Waals surface area contributed by atoms with Gasteiger partial charge in [0.25, 0.3) is 0 Å². The van der Waals surface area contributed by atoms with Crippen molar-refractivity contribution in [2.24, 2.45) is 5.92 Å². The van der Waals surface area contributed by atoms with Crippen molar-refractivity contribution < 1.29 is 4.79 Å². The summed E-state index contributed by atoms with van der Waals surface area (Å²) in [4.78, 5) is 19.1. The smallest absolute Gasteiger partial charge is 0.223 e. The Hall–Kier alpha value is -3.03. The minimum Gasteiger partial charge on any atom is -0.368 e. The van der Waals surface area contributed by atoms with E-state index < -0.39 is 0 Å². The molecule has 1 saturated heterocycles. The molecule has 3 aromatic rings. The number of aryl methyl sites for hydroxylation is 1. The maximum absolute atomic E-state index is 12.5. The lowest BCUT2D eigenvalue weighted by Gasteiger charge is -2.34. The largest absolute Gasteiger partial charge is 0.368 e. The molecule has 4 rings (SSSR count). The van der Waals surface area contributed by atoms with Crippen LogP contribution in [-0.4, -0.2) is 43.8 Å². The third kappa shape index (κ3) is 3.47. The van der Waals surface area contributed by atoms with Gasteiger partial charge in [-0.2, -0.15) is 9.61 Å². The van der Waals surface area contributed by atoms with Crippen molar-refractivity contribution in [3.8, 4) is 0 Å². The first kappa shape index (κ1) is 17.4. The minimum absolute atomic E-state index is 0.0297. The van der Waals surface area contributed by atoms with E-state index in [1.807, 2.05) is 25.1 Å². The molecule has 0 unspecified atom stereocenters. The summed E-state index contributed by atoms with van der Waals surface area (Å²) in [6, 6.07) is 5.72. The minimum atomic E-state index is 0.0297. The lowest BCUT2D eigenvalue weighted by atomic mass is 9.95. The van der Waals surface area contributed by atoms with Gasteiger partial charge in [0.05, 0.1) is 23.6 Å². The number of carbonyl (C=O) groups excluding carboxylic acids is 1. The molecule has 8 nitrogen and oxygen atoms in total. The van der Waals surface area contributed by atoms with E-state index in [0.717, 1.165) is 54.2 Å². The van der Waals surface area contributed by atoms with Crippen molar-refractivity contribution in [2.75, 3.05) is 18.0 Å². The molecule has 0 bridgehead atoms. The molecule has 27 heavy (non-hydrogen) atoms. The second-order valence-corrected chi connectivity index (χ2v) is 6.96. The maximum atomic E-state index is 12.5. The van der Waals surface area contributed by atoms with E-state index in [9.17, 15) is 4.79 Å². The van der Waals surface area contributed by atoms with Crippen molar-refractivity contribution in [1.29, 1.82) is 0 Å². The molecule has 0 spiro atoms. The third-order valence-electron chi connectivity index (χ3n) is 5.25. The first-order valence-corrected chi connectivity index (χ1v) is 9.23. The molecule has 0 saturated carbocycles. The van der Waals surface area contributed by atoms with Gasteiger partial charge in [-0.15, -0.1) is 10.2 Å². The van der Waals surface area contributed by atoms with Gasteiger partial charge in [0.2, 0.25) is 11.6 Å². The standard InChI is InChI=1S/C19H23N7O/c1-13-14(2)24-26-12-22-23-18(26)17(13)25-9-6-15(7-10-25)19(27)21-11-16-5-3-4-8-20-16/h3-5,8,12,15H,6-7,9-11H2,1-2H3,(H,21,27). The fourth-order valence-electron chi connectivity index (χ4n) is 3.60. The van der Waals surface area contributed by atoms with Crippen molar-refractivity contribution >= 4 is 17.2 Å². The van der Waals surface area contributed by atoms with Gasteiger partial charge < -0.3 is 10.2 Å². The number of rotatable bonds is 4. The van der Waals surface area contributed by atoms with E-state index in [-0.39, 0.29) is 11.8 Å². The first-order chi connectivity index (χ1) is 13.1. The fourth-order valence-corrected chi connectivity index (χ4v) is 3.60. The zero-order valence-electron chi connectivity index (χ0n) is 15.6. The Bertz CT molecular complexity index is 945. The summed E-state index contributed by atoms with van der Waals surface area (Å²) >= 11 is 0. The molecule has 3 aromatic heterocycles. The highest BCUT2D eigenvalue weighted by Gasteiger charge is 2.27. The second kappa shape index (κ2) is 7.30. The molecular weight excluding hydrogens is 342 g/mol. The number of piperidine rings is 1. The van der Waals surface area contributed by atoms with E-state index in [4.69, 9.17) is 0 Å². The van der Waals surface area contributed by atoms with E-state index in [2.05, 4.69) is 37.4 Å². The number of hydrogen-bond donors (Lipinski definition) is 1. The average Bonchev–Trinajstić information content (AvgIpc) is 3.16. The van der Waals surface area contributed by atoms with Crippen LogP contribution in [0.1, 0.15) is 29.8 Å². The molecule has 0 radical (unpaired) electrons. The highest BCUT2D eigenvalue weighted by molar-refractivity contribution is 5.79. The van der Waals surface area contributed by atoms with Crippen LogP contribution in [0.3, 0.4) is 0 Å². The van der Waals surface area contributed by atoms with E-state index in [1.165, 1.54) is 0 Å². The number of pyridine rings is 1. The zero-order chi connectivity index (χ0) is 18.8. The molecule has 1 fully saturated rings. The zero-order valence-corrected chi connectivity index (χ0v) is 15.6. The van der Waals surface area contributed by atoms with Crippen LogP contribution in [0.25, 0.3) is 5.65 Å². The molecule has 1 amide bonds. The lowest BCUT2D eigenvalue weighted by molar-refractivity contribution is -0.125. The Balaban J connectivity index is 1.41. The predicted octanol–water partition coefficient (Wildman–Crippen LogP) is 1.67. The Labute approximate surface area is 157 Å². The molecule has 1 N–H and O–H groups in total. The fraction of sp³-hybridized carbons (Fsp3) is 0.421. The number of amides is 1. The van der Waals surface area contributed by atoms with Gasteiger partial charge in [-0.25, -0.2) is 0 Å². The second-order valence-electron chi connectivity index (χ2n) is 6.96. The van der Waals surface area contributed by atoms with Crippen molar-refractivity contribution in [3.63, 3.8) is 0 Å².